The van der Waals surface area contributed by atoms with Gasteiger partial charge in [-0.1, -0.05) is 44.2 Å². The lowest BCUT2D eigenvalue weighted by molar-refractivity contribution is -0.142. The zero-order valence-electron chi connectivity index (χ0n) is 16.3. The van der Waals surface area contributed by atoms with Crippen molar-refractivity contribution < 1.29 is 9.90 Å². The highest BCUT2D eigenvalue weighted by Crippen LogP contribution is 2.18. The third-order valence-electron chi connectivity index (χ3n) is 4.80. The molecule has 27 heavy (non-hydrogen) atoms. The summed E-state index contributed by atoms with van der Waals surface area (Å²) in [5, 5.41) is 9.65. The predicted octanol–water partition coefficient (Wildman–Crippen LogP) is 2.31. The first-order chi connectivity index (χ1) is 12.9. The fourth-order valence-corrected chi connectivity index (χ4v) is 3.73. The van der Waals surface area contributed by atoms with E-state index in [-0.39, 0.29) is 12.0 Å². The zero-order valence-corrected chi connectivity index (χ0v) is 17.2. The molecule has 6 nitrogen and oxygen atoms in total. The lowest BCUT2D eigenvalue weighted by Crippen LogP contribution is -2.50. The molecule has 2 atom stereocenters. The molecule has 0 radical (unpaired) electrons. The van der Waals surface area contributed by atoms with Gasteiger partial charge in [-0.15, -0.1) is 0 Å². The van der Waals surface area contributed by atoms with Crippen LogP contribution in [0.2, 0.25) is 0 Å². The smallest absolute Gasteiger partial charge is 0.326 e. The molecule has 1 heterocycles. The zero-order chi connectivity index (χ0) is 19.8. The highest BCUT2D eigenvalue weighted by Gasteiger charge is 2.29. The maximum atomic E-state index is 11.8. The Bertz CT molecular complexity index is 624. The topological polar surface area (TPSA) is 82.2 Å². The van der Waals surface area contributed by atoms with Gasteiger partial charge in [0, 0.05) is 31.9 Å². The summed E-state index contributed by atoms with van der Waals surface area (Å²) < 4.78 is 0. The van der Waals surface area contributed by atoms with Crippen LogP contribution in [0.5, 0.6) is 0 Å². The van der Waals surface area contributed by atoms with Crippen molar-refractivity contribution in [3.05, 3.63) is 35.9 Å². The first kappa shape index (κ1) is 21.6. The molecule has 1 aromatic rings. The van der Waals surface area contributed by atoms with Gasteiger partial charge in [-0.2, -0.15) is 12.6 Å². The number of benzene rings is 1. The number of carbonyl (C=O) groups is 1. The molecular weight excluding hydrogens is 360 g/mol. The first-order valence-corrected chi connectivity index (χ1v) is 10.2. The molecule has 1 fully saturated rings. The number of hydrogen-bond donors (Lipinski definition) is 3. The number of guanidine groups is 1. The molecule has 1 aliphatic heterocycles. The monoisotopic (exact) mass is 392 g/mol. The molecule has 1 aromatic carbocycles. The summed E-state index contributed by atoms with van der Waals surface area (Å²) in [4.78, 5) is 20.5. The van der Waals surface area contributed by atoms with Crippen molar-refractivity contribution in [1.29, 1.82) is 0 Å². The van der Waals surface area contributed by atoms with Crippen molar-refractivity contribution in [3.8, 4) is 0 Å². The van der Waals surface area contributed by atoms with Crippen molar-refractivity contribution in [2.75, 3.05) is 25.4 Å². The number of nitrogens with two attached hydrogens (primary N) is 1. The molecule has 0 saturated carbocycles. The van der Waals surface area contributed by atoms with Gasteiger partial charge in [0.1, 0.15) is 6.04 Å². The van der Waals surface area contributed by atoms with Crippen molar-refractivity contribution >= 4 is 24.6 Å². The fraction of sp³-hybridized carbons (Fsp3) is 0.600. The van der Waals surface area contributed by atoms with E-state index in [1.165, 1.54) is 5.56 Å². The minimum atomic E-state index is -0.860. The maximum absolute atomic E-state index is 11.8. The Hall–Kier alpha value is -1.73. The molecule has 1 aliphatic rings. The normalized spacial score (nSPS) is 19.4. The number of likely N-dealkylation sites (tertiary alicyclic amines) is 1. The van der Waals surface area contributed by atoms with Crippen molar-refractivity contribution in [1.82, 2.24) is 9.80 Å². The predicted molar refractivity (Wildman–Crippen MR) is 113 cm³/mol. The lowest BCUT2D eigenvalue weighted by atomic mass is 10.0. The number of carboxylic acids is 1. The van der Waals surface area contributed by atoms with E-state index in [4.69, 9.17) is 5.73 Å². The maximum Gasteiger partial charge on any atom is 0.326 e. The van der Waals surface area contributed by atoms with E-state index < -0.39 is 12.0 Å². The van der Waals surface area contributed by atoms with Crippen LogP contribution >= 0.6 is 12.6 Å². The van der Waals surface area contributed by atoms with Gasteiger partial charge in [0.05, 0.1) is 6.04 Å². The Kier molecular flexibility index (Phi) is 8.44. The van der Waals surface area contributed by atoms with E-state index in [1.807, 2.05) is 19.9 Å². The van der Waals surface area contributed by atoms with Crippen molar-refractivity contribution in [3.63, 3.8) is 0 Å². The molecule has 2 unspecified atom stereocenters. The summed E-state index contributed by atoms with van der Waals surface area (Å²) in [5.74, 6) is 0.252. The molecule has 0 amide bonds. The number of carboxylic acid groups (broad SMARTS) is 1. The molecule has 0 aliphatic carbocycles. The van der Waals surface area contributed by atoms with Crippen LogP contribution in [0.4, 0.5) is 0 Å². The van der Waals surface area contributed by atoms with Crippen LogP contribution in [-0.2, 0) is 11.3 Å². The van der Waals surface area contributed by atoms with Crippen LogP contribution in [-0.4, -0.2) is 64.3 Å². The number of aliphatic imine (C=N–C) groups is 1. The number of rotatable bonds is 9. The van der Waals surface area contributed by atoms with Gasteiger partial charge in [0.25, 0.3) is 0 Å². The molecule has 3 N–H and O–H groups in total. The van der Waals surface area contributed by atoms with Gasteiger partial charge in [-0.3, -0.25) is 4.90 Å². The minimum absolute atomic E-state index is 0.102. The Morgan fingerprint density at radius 2 is 2.11 bits per heavy atom. The number of hydrogen-bond acceptors (Lipinski definition) is 4. The van der Waals surface area contributed by atoms with Crippen molar-refractivity contribution in [2.24, 2.45) is 16.6 Å². The second kappa shape index (κ2) is 10.6. The average Bonchev–Trinajstić information content (AvgIpc) is 3.05. The lowest BCUT2D eigenvalue weighted by Gasteiger charge is -2.31. The van der Waals surface area contributed by atoms with E-state index in [0.29, 0.717) is 24.7 Å². The summed E-state index contributed by atoms with van der Waals surface area (Å²) in [7, 11) is 0. The van der Waals surface area contributed by atoms with Crippen molar-refractivity contribution in [2.45, 2.75) is 45.3 Å². The minimum Gasteiger partial charge on any atom is -0.480 e. The highest BCUT2D eigenvalue weighted by atomic mass is 32.1. The van der Waals surface area contributed by atoms with Crippen LogP contribution in [0.3, 0.4) is 0 Å². The standard InChI is InChI=1S/C20H32N4O2S/c1-15(2)12-18(19(25)26)24(10-11-27)20(21)22-17-8-9-23(14-17)13-16-6-4-3-5-7-16/h3-7,15,17-18,27H,8-14H2,1-2H3,(H2,21,22)(H,25,26). The van der Waals surface area contributed by atoms with Gasteiger partial charge in [-0.05, 0) is 24.3 Å². The molecule has 1 saturated heterocycles. The highest BCUT2D eigenvalue weighted by molar-refractivity contribution is 7.80. The molecule has 150 valence electrons. The van der Waals surface area contributed by atoms with Crippen LogP contribution in [0, 0.1) is 5.92 Å². The van der Waals surface area contributed by atoms with Gasteiger partial charge in [0.2, 0.25) is 0 Å². The molecule has 2 rings (SSSR count). The molecular formula is C20H32N4O2S. The fourth-order valence-electron chi connectivity index (χ4n) is 3.51. The van der Waals surface area contributed by atoms with E-state index in [2.05, 4.69) is 46.8 Å². The largest absolute Gasteiger partial charge is 0.480 e. The SMILES string of the molecule is CC(C)CC(C(=O)O)N(CCS)C(N)=NC1CCN(Cc2ccccc2)C1. The van der Waals surface area contributed by atoms with E-state index in [9.17, 15) is 9.90 Å². The van der Waals surface area contributed by atoms with Crippen LogP contribution < -0.4 is 5.73 Å². The van der Waals surface area contributed by atoms with E-state index in [0.717, 1.165) is 26.1 Å². The quantitative estimate of drug-likeness (QED) is 0.341. The number of nitrogens with zero attached hydrogens (tertiary/aromatic N) is 3. The van der Waals surface area contributed by atoms with Crippen LogP contribution in [0.25, 0.3) is 0 Å². The second-order valence-electron chi connectivity index (χ2n) is 7.55. The van der Waals surface area contributed by atoms with E-state index >= 15 is 0 Å². The summed E-state index contributed by atoms with van der Waals surface area (Å²) in [6.07, 6.45) is 1.47. The average molecular weight is 393 g/mol. The second-order valence-corrected chi connectivity index (χ2v) is 8.00. The summed E-state index contributed by atoms with van der Waals surface area (Å²) in [5.41, 5.74) is 7.54. The molecule has 7 heteroatoms. The van der Waals surface area contributed by atoms with Gasteiger partial charge >= 0.3 is 5.97 Å². The third kappa shape index (κ3) is 6.74. The van der Waals surface area contributed by atoms with E-state index in [1.54, 1.807) is 4.90 Å². The Balaban J connectivity index is 2.03. The van der Waals surface area contributed by atoms with Crippen LogP contribution in [0.15, 0.2) is 35.3 Å². The van der Waals surface area contributed by atoms with Gasteiger partial charge in [-0.25, -0.2) is 9.79 Å². The van der Waals surface area contributed by atoms with Gasteiger partial charge < -0.3 is 15.7 Å². The Morgan fingerprint density at radius 3 is 2.70 bits per heavy atom. The molecule has 0 bridgehead atoms. The Morgan fingerprint density at radius 1 is 1.41 bits per heavy atom. The number of aliphatic carboxylic acids is 1. The van der Waals surface area contributed by atoms with Gasteiger partial charge in [0.15, 0.2) is 5.96 Å². The summed E-state index contributed by atoms with van der Waals surface area (Å²) >= 11 is 4.27. The molecule has 0 spiro atoms. The number of thiol groups is 1. The molecule has 0 aromatic heterocycles. The Labute approximate surface area is 167 Å². The summed E-state index contributed by atoms with van der Waals surface area (Å²) in [6, 6.07) is 9.82. The first-order valence-electron chi connectivity index (χ1n) is 9.60. The summed E-state index contributed by atoms with van der Waals surface area (Å²) in [6.45, 7) is 7.21. The van der Waals surface area contributed by atoms with Crippen LogP contribution in [0.1, 0.15) is 32.3 Å². The third-order valence-corrected chi connectivity index (χ3v) is 5.00.